The topological polar surface area (TPSA) is 93.1 Å². The van der Waals surface area contributed by atoms with Crippen molar-refractivity contribution in [2.75, 3.05) is 47.0 Å². The Bertz CT molecular complexity index is 1190. The van der Waals surface area contributed by atoms with Crippen molar-refractivity contribution in [3.63, 3.8) is 0 Å². The van der Waals surface area contributed by atoms with Crippen LogP contribution in [0.2, 0.25) is 0 Å². The molecule has 2 heterocycles. The van der Waals surface area contributed by atoms with Gasteiger partial charge in [0.05, 0.1) is 50.6 Å². The van der Waals surface area contributed by atoms with Crippen LogP contribution in [-0.4, -0.2) is 57.2 Å². The number of allylic oxidation sites excluding steroid dienone is 1. The number of hydrogen-bond donors (Lipinski definition) is 1. The molecule has 0 bridgehead atoms. The average Bonchev–Trinajstić information content (AvgIpc) is 3.19. The summed E-state index contributed by atoms with van der Waals surface area (Å²) in [6, 6.07) is 10.9. The van der Waals surface area contributed by atoms with Crippen molar-refractivity contribution in [3.05, 3.63) is 53.2 Å². The van der Waals surface area contributed by atoms with Crippen molar-refractivity contribution < 1.29 is 28.5 Å². The molecule has 1 aliphatic rings. The number of para-hydroxylation sites is 2. The second-order valence-electron chi connectivity index (χ2n) is 7.45. The highest BCUT2D eigenvalue weighted by Crippen LogP contribution is 2.45. The molecule has 1 N–H and O–H groups in total. The van der Waals surface area contributed by atoms with Crippen LogP contribution >= 0.6 is 0 Å². The third kappa shape index (κ3) is 3.95. The average molecular weight is 453 g/mol. The minimum absolute atomic E-state index is 0.144. The Morgan fingerprint density at radius 2 is 1.73 bits per heavy atom. The number of fused-ring (bicyclic) bond motifs is 3. The summed E-state index contributed by atoms with van der Waals surface area (Å²) in [6.45, 7) is 2.28. The lowest BCUT2D eigenvalue weighted by atomic mass is 9.94. The lowest BCUT2D eigenvalue weighted by molar-refractivity contribution is -0.140. The van der Waals surface area contributed by atoms with Crippen molar-refractivity contribution in [1.82, 2.24) is 9.55 Å². The van der Waals surface area contributed by atoms with Crippen LogP contribution in [0.3, 0.4) is 0 Å². The molecule has 2 aromatic carbocycles. The van der Waals surface area contributed by atoms with E-state index in [1.165, 1.54) is 0 Å². The first-order valence-corrected chi connectivity index (χ1v) is 10.4. The molecule has 1 aromatic heterocycles. The maximum Gasteiger partial charge on any atom is 0.338 e. The highest BCUT2D eigenvalue weighted by Gasteiger charge is 2.36. The van der Waals surface area contributed by atoms with Gasteiger partial charge in [0.15, 0.2) is 11.5 Å². The quantitative estimate of drug-likeness (QED) is 0.409. The Labute approximate surface area is 191 Å². The Hall–Kier alpha value is -3.72. The highest BCUT2D eigenvalue weighted by atomic mass is 16.6. The minimum Gasteiger partial charge on any atom is -0.493 e. The number of aromatic nitrogens is 2. The molecule has 1 atom stereocenters. The van der Waals surface area contributed by atoms with Gasteiger partial charge >= 0.3 is 5.97 Å². The monoisotopic (exact) mass is 453 g/mol. The van der Waals surface area contributed by atoms with Crippen molar-refractivity contribution in [3.8, 4) is 17.2 Å². The van der Waals surface area contributed by atoms with Gasteiger partial charge in [0.1, 0.15) is 6.61 Å². The van der Waals surface area contributed by atoms with Gasteiger partial charge in [-0.15, -0.1) is 0 Å². The Kier molecular flexibility index (Phi) is 6.41. The second kappa shape index (κ2) is 9.41. The maximum atomic E-state index is 13.3. The smallest absolute Gasteiger partial charge is 0.338 e. The molecule has 0 spiro atoms. The molecule has 33 heavy (non-hydrogen) atoms. The SMILES string of the molecule is COCCOC(=O)C1=C(C)Nc2nc3ccccc3n2[C@H]1c1cc(OC)c(OC)c(OC)c1. The molecule has 3 aromatic rings. The fourth-order valence-electron chi connectivity index (χ4n) is 4.10. The Morgan fingerprint density at radius 3 is 2.36 bits per heavy atom. The molecule has 9 heteroatoms. The number of nitrogens with zero attached hydrogens (tertiary/aromatic N) is 2. The predicted molar refractivity (Wildman–Crippen MR) is 123 cm³/mol. The van der Waals surface area contributed by atoms with E-state index in [1.807, 2.05) is 47.9 Å². The van der Waals surface area contributed by atoms with E-state index in [0.29, 0.717) is 41.1 Å². The fraction of sp³-hybridized carbons (Fsp3) is 0.333. The number of carbonyl (C=O) groups is 1. The normalized spacial score (nSPS) is 15.1. The summed E-state index contributed by atoms with van der Waals surface area (Å²) in [4.78, 5) is 18.0. The van der Waals surface area contributed by atoms with Crippen LogP contribution in [0.25, 0.3) is 11.0 Å². The molecule has 0 fully saturated rings. The zero-order valence-corrected chi connectivity index (χ0v) is 19.3. The molecular formula is C24H27N3O6. The minimum atomic E-state index is -0.544. The number of ether oxygens (including phenoxy) is 5. The number of benzene rings is 2. The second-order valence-corrected chi connectivity index (χ2v) is 7.45. The van der Waals surface area contributed by atoms with Crippen LogP contribution in [0.4, 0.5) is 5.95 Å². The first-order valence-electron chi connectivity index (χ1n) is 10.4. The molecule has 0 amide bonds. The summed E-state index contributed by atoms with van der Waals surface area (Å²) in [6.07, 6.45) is 0. The van der Waals surface area contributed by atoms with Crippen LogP contribution in [0.15, 0.2) is 47.7 Å². The van der Waals surface area contributed by atoms with E-state index in [2.05, 4.69) is 5.32 Å². The predicted octanol–water partition coefficient (Wildman–Crippen LogP) is 3.54. The summed E-state index contributed by atoms with van der Waals surface area (Å²) in [5, 5.41) is 3.26. The standard InChI is InChI=1S/C24H27N3O6/c1-14-20(23(28)33-11-10-29-2)21(15-12-18(30-3)22(32-5)19(13-15)31-4)27-17-9-7-6-8-16(17)26-24(27)25-14/h6-9,12-13,21H,10-11H2,1-5H3,(H,25,26)/t21-/m0/s1. The molecule has 174 valence electrons. The summed E-state index contributed by atoms with van der Waals surface area (Å²) in [7, 11) is 6.23. The van der Waals surface area contributed by atoms with E-state index in [9.17, 15) is 4.79 Å². The van der Waals surface area contributed by atoms with Gasteiger partial charge in [-0.3, -0.25) is 4.57 Å². The van der Waals surface area contributed by atoms with Gasteiger partial charge in [-0.2, -0.15) is 0 Å². The fourth-order valence-corrected chi connectivity index (χ4v) is 4.10. The van der Waals surface area contributed by atoms with Crippen molar-refractivity contribution >= 4 is 23.0 Å². The number of carbonyl (C=O) groups excluding carboxylic acids is 1. The summed E-state index contributed by atoms with van der Waals surface area (Å²) in [5.41, 5.74) is 3.54. The number of esters is 1. The van der Waals surface area contributed by atoms with E-state index < -0.39 is 12.0 Å². The van der Waals surface area contributed by atoms with Gasteiger partial charge in [-0.25, -0.2) is 9.78 Å². The Morgan fingerprint density at radius 1 is 1.03 bits per heavy atom. The molecule has 1 aliphatic heterocycles. The van der Waals surface area contributed by atoms with Gasteiger partial charge in [0.2, 0.25) is 11.7 Å². The van der Waals surface area contributed by atoms with Gasteiger partial charge < -0.3 is 29.0 Å². The first-order chi connectivity index (χ1) is 16.0. The van der Waals surface area contributed by atoms with E-state index in [0.717, 1.165) is 16.6 Å². The molecule has 0 aliphatic carbocycles. The number of methoxy groups -OCH3 is 4. The molecule has 9 nitrogen and oxygen atoms in total. The maximum absolute atomic E-state index is 13.3. The largest absolute Gasteiger partial charge is 0.493 e. The van der Waals surface area contributed by atoms with Crippen LogP contribution in [-0.2, 0) is 14.3 Å². The van der Waals surface area contributed by atoms with Crippen molar-refractivity contribution in [1.29, 1.82) is 0 Å². The Balaban J connectivity index is 1.94. The third-order valence-corrected chi connectivity index (χ3v) is 5.57. The van der Waals surface area contributed by atoms with E-state index in [-0.39, 0.29) is 6.61 Å². The number of rotatable bonds is 8. The van der Waals surface area contributed by atoms with Gasteiger partial charge in [-0.05, 0) is 36.8 Å². The highest BCUT2D eigenvalue weighted by molar-refractivity contribution is 5.94. The van der Waals surface area contributed by atoms with Crippen LogP contribution in [0.5, 0.6) is 17.2 Å². The van der Waals surface area contributed by atoms with Gasteiger partial charge in [0, 0.05) is 12.8 Å². The zero-order chi connectivity index (χ0) is 23.5. The molecule has 0 radical (unpaired) electrons. The van der Waals surface area contributed by atoms with E-state index in [4.69, 9.17) is 28.7 Å². The van der Waals surface area contributed by atoms with Crippen molar-refractivity contribution in [2.24, 2.45) is 0 Å². The lowest BCUT2D eigenvalue weighted by Crippen LogP contribution is -2.29. The molecule has 0 saturated heterocycles. The van der Waals surface area contributed by atoms with E-state index >= 15 is 0 Å². The third-order valence-electron chi connectivity index (χ3n) is 5.57. The molecule has 4 rings (SSSR count). The summed E-state index contributed by atoms with van der Waals surface area (Å²) < 4.78 is 29.2. The van der Waals surface area contributed by atoms with Gasteiger partial charge in [0.25, 0.3) is 0 Å². The number of anilines is 1. The van der Waals surface area contributed by atoms with Crippen molar-refractivity contribution in [2.45, 2.75) is 13.0 Å². The zero-order valence-electron chi connectivity index (χ0n) is 19.3. The number of nitrogens with one attached hydrogen (secondary N) is 1. The molecule has 0 saturated carbocycles. The number of imidazole rings is 1. The van der Waals surface area contributed by atoms with Crippen LogP contribution in [0, 0.1) is 0 Å². The summed E-state index contributed by atoms with van der Waals surface area (Å²) in [5.74, 6) is 1.63. The molecule has 0 unspecified atom stereocenters. The van der Waals surface area contributed by atoms with E-state index in [1.54, 1.807) is 28.4 Å². The first kappa shape index (κ1) is 22.5. The van der Waals surface area contributed by atoms with Gasteiger partial charge in [-0.1, -0.05) is 12.1 Å². The molecular weight excluding hydrogens is 426 g/mol. The number of hydrogen-bond acceptors (Lipinski definition) is 8. The van der Waals surface area contributed by atoms with Crippen LogP contribution < -0.4 is 19.5 Å². The van der Waals surface area contributed by atoms with Crippen LogP contribution in [0.1, 0.15) is 18.5 Å². The summed E-state index contributed by atoms with van der Waals surface area (Å²) >= 11 is 0. The lowest BCUT2D eigenvalue weighted by Gasteiger charge is -2.30.